The van der Waals surface area contributed by atoms with E-state index < -0.39 is 83.2 Å². The Labute approximate surface area is 258 Å². The molecule has 0 aromatic heterocycles. The summed E-state index contributed by atoms with van der Waals surface area (Å²) in [5.74, 6) is -1.27. The van der Waals surface area contributed by atoms with Gasteiger partial charge in [0.15, 0.2) is 0 Å². The van der Waals surface area contributed by atoms with Gasteiger partial charge in [-0.1, -0.05) is 18.2 Å². The molecule has 1 amide bonds. The number of anilines is 3. The maximum absolute atomic E-state index is 13.2. The molecule has 0 bridgehead atoms. The number of carbonyl (C=O) groups is 1. The van der Waals surface area contributed by atoms with Crippen molar-refractivity contribution in [3.63, 3.8) is 0 Å². The van der Waals surface area contributed by atoms with Gasteiger partial charge in [-0.2, -0.15) is 25.3 Å². The molecule has 4 rings (SSSR count). The molecule has 0 aliphatic rings. The van der Waals surface area contributed by atoms with Crippen molar-refractivity contribution in [1.29, 1.82) is 0 Å². The second-order valence-electron chi connectivity index (χ2n) is 9.92. The third-order valence-electron chi connectivity index (χ3n) is 6.53. The summed E-state index contributed by atoms with van der Waals surface area (Å²) in [7, 11) is -20.2. The van der Waals surface area contributed by atoms with E-state index in [1.165, 1.54) is 30.3 Å². The van der Waals surface area contributed by atoms with Crippen LogP contribution in [0, 0.1) is 13.8 Å². The highest BCUT2D eigenvalue weighted by Gasteiger charge is 2.28. The first-order valence-corrected chi connectivity index (χ1v) is 18.3. The Bertz CT molecular complexity index is 2340. The lowest BCUT2D eigenvalue weighted by molar-refractivity contribution is 0.102. The van der Waals surface area contributed by atoms with E-state index in [1.807, 2.05) is 0 Å². The molecular weight excluding hydrogens is 675 g/mol. The number of benzene rings is 4. The number of amides is 1. The van der Waals surface area contributed by atoms with Crippen LogP contribution in [-0.4, -0.2) is 53.2 Å². The fraction of sp³-hybridized carbons (Fsp3) is 0.115. The van der Waals surface area contributed by atoms with Gasteiger partial charge in [0.25, 0.3) is 36.3 Å². The number of nitrogens with two attached hydrogens (primary N) is 1. The van der Waals surface area contributed by atoms with E-state index in [4.69, 9.17) is 5.73 Å². The van der Waals surface area contributed by atoms with Gasteiger partial charge in [-0.3, -0.25) is 23.2 Å². The van der Waals surface area contributed by atoms with Gasteiger partial charge in [0, 0.05) is 27.7 Å². The molecule has 0 unspecified atom stereocenters. The molecule has 0 aliphatic heterocycles. The predicted octanol–water partition coefficient (Wildman–Crippen LogP) is 2.97. The van der Waals surface area contributed by atoms with Crippen LogP contribution < -0.4 is 15.8 Å². The van der Waals surface area contributed by atoms with Crippen molar-refractivity contribution in [3.8, 4) is 0 Å². The summed E-state index contributed by atoms with van der Waals surface area (Å²) >= 11 is 0. The van der Waals surface area contributed by atoms with Crippen molar-refractivity contribution in [2.45, 2.75) is 34.3 Å². The summed E-state index contributed by atoms with van der Waals surface area (Å²) in [6.45, 7) is 3.51. The number of fused-ring (bicyclic) bond motifs is 1. The van der Waals surface area contributed by atoms with Gasteiger partial charge < -0.3 is 11.1 Å². The molecule has 0 saturated heterocycles. The molecule has 4 aromatic carbocycles. The van der Waals surface area contributed by atoms with Crippen LogP contribution in [0.5, 0.6) is 0 Å². The Morgan fingerprint density at radius 2 is 1.40 bits per heavy atom. The first kappa shape index (κ1) is 33.8. The largest absolute Gasteiger partial charge is 0.398 e. The van der Waals surface area contributed by atoms with Gasteiger partial charge in [0.1, 0.15) is 9.79 Å². The van der Waals surface area contributed by atoms with Crippen LogP contribution in [-0.2, 0) is 46.1 Å². The quantitative estimate of drug-likeness (QED) is 0.109. The maximum atomic E-state index is 13.2. The SMILES string of the molecule is Cc1cc(C)c(C(=O)Nc2cccc(CS(=O)(=O)Nc3ccc(S(=O)(=O)O)c4cc(S(=O)(=O)O)cc(S(=O)(=O)O)c34)c2)cc1N. The summed E-state index contributed by atoms with van der Waals surface area (Å²) in [6, 6.07) is 11.2. The molecule has 7 N–H and O–H groups in total. The fourth-order valence-electron chi connectivity index (χ4n) is 4.53. The average Bonchev–Trinajstić information content (AvgIpc) is 2.88. The smallest absolute Gasteiger partial charge is 0.295 e. The van der Waals surface area contributed by atoms with Crippen molar-refractivity contribution in [2.24, 2.45) is 0 Å². The van der Waals surface area contributed by atoms with E-state index in [-0.39, 0.29) is 17.3 Å². The second kappa shape index (κ2) is 11.7. The van der Waals surface area contributed by atoms with Crippen LogP contribution in [0.3, 0.4) is 0 Å². The van der Waals surface area contributed by atoms with Crippen LogP contribution in [0.25, 0.3) is 10.8 Å². The zero-order chi connectivity index (χ0) is 33.7. The highest BCUT2D eigenvalue weighted by atomic mass is 32.2. The number of nitrogens with one attached hydrogen (secondary N) is 2. The summed E-state index contributed by atoms with van der Waals surface area (Å²) in [5.41, 5.74) is 7.80. The minimum atomic E-state index is -5.39. The number of aryl methyl sites for hydroxylation is 2. The highest BCUT2D eigenvalue weighted by Crippen LogP contribution is 2.37. The molecule has 0 heterocycles. The van der Waals surface area contributed by atoms with Crippen molar-refractivity contribution in [2.75, 3.05) is 15.8 Å². The Morgan fingerprint density at radius 3 is 2.00 bits per heavy atom. The number of rotatable bonds is 9. The molecule has 240 valence electrons. The van der Waals surface area contributed by atoms with Crippen LogP contribution in [0.15, 0.2) is 75.4 Å². The molecular formula is C26H25N3O12S4. The molecule has 0 radical (unpaired) electrons. The van der Waals surface area contributed by atoms with Crippen LogP contribution in [0.1, 0.15) is 27.0 Å². The number of hydrogen-bond donors (Lipinski definition) is 6. The lowest BCUT2D eigenvalue weighted by Crippen LogP contribution is -2.17. The van der Waals surface area contributed by atoms with Gasteiger partial charge in [-0.25, -0.2) is 8.42 Å². The second-order valence-corrected chi connectivity index (χ2v) is 15.8. The molecule has 0 saturated carbocycles. The Hall–Kier alpha value is -4.11. The Balaban J connectivity index is 1.75. The maximum Gasteiger partial charge on any atom is 0.295 e. The zero-order valence-electron chi connectivity index (χ0n) is 23.2. The summed E-state index contributed by atoms with van der Waals surface area (Å²) in [6.07, 6.45) is 0. The molecule has 45 heavy (non-hydrogen) atoms. The van der Waals surface area contributed by atoms with Crippen molar-refractivity contribution in [3.05, 3.63) is 82.9 Å². The van der Waals surface area contributed by atoms with E-state index in [2.05, 4.69) is 10.0 Å². The molecule has 0 aliphatic carbocycles. The number of nitrogen functional groups attached to an aromatic ring is 1. The van der Waals surface area contributed by atoms with Gasteiger partial charge in [0.05, 0.1) is 16.3 Å². The molecule has 4 aromatic rings. The summed E-state index contributed by atoms with van der Waals surface area (Å²) in [4.78, 5) is 9.37. The summed E-state index contributed by atoms with van der Waals surface area (Å²) in [5, 5.41) is 0.982. The van der Waals surface area contributed by atoms with E-state index in [0.717, 1.165) is 11.6 Å². The first-order chi connectivity index (χ1) is 20.6. The Morgan fingerprint density at radius 1 is 0.756 bits per heavy atom. The van der Waals surface area contributed by atoms with Crippen molar-refractivity contribution >= 4 is 74.1 Å². The van der Waals surface area contributed by atoms with Crippen LogP contribution in [0.2, 0.25) is 0 Å². The lowest BCUT2D eigenvalue weighted by Gasteiger charge is -2.16. The van der Waals surface area contributed by atoms with Crippen LogP contribution >= 0.6 is 0 Å². The number of carbonyl (C=O) groups excluding carboxylic acids is 1. The lowest BCUT2D eigenvalue weighted by atomic mass is 10.0. The van der Waals surface area contributed by atoms with E-state index >= 15 is 0 Å². The Kier molecular flexibility index (Phi) is 8.76. The normalized spacial score (nSPS) is 12.6. The van der Waals surface area contributed by atoms with Gasteiger partial charge in [-0.05, 0) is 73.0 Å². The van der Waals surface area contributed by atoms with Gasteiger partial charge in [0.2, 0.25) is 10.0 Å². The molecule has 0 atom stereocenters. The minimum Gasteiger partial charge on any atom is -0.398 e. The van der Waals surface area contributed by atoms with Crippen LogP contribution in [0.4, 0.5) is 17.1 Å². The topological polar surface area (TPSA) is 264 Å². The van der Waals surface area contributed by atoms with Crippen molar-refractivity contribution < 1.29 is 52.1 Å². The summed E-state index contributed by atoms with van der Waals surface area (Å²) < 4.78 is 130. The van der Waals surface area contributed by atoms with Gasteiger partial charge >= 0.3 is 0 Å². The minimum absolute atomic E-state index is 0.142. The van der Waals surface area contributed by atoms with E-state index in [0.29, 0.717) is 28.9 Å². The van der Waals surface area contributed by atoms with E-state index in [1.54, 1.807) is 19.9 Å². The predicted molar refractivity (Wildman–Crippen MR) is 164 cm³/mol. The molecule has 19 heteroatoms. The first-order valence-electron chi connectivity index (χ1n) is 12.4. The highest BCUT2D eigenvalue weighted by molar-refractivity contribution is 7.92. The van der Waals surface area contributed by atoms with Gasteiger partial charge in [-0.15, -0.1) is 0 Å². The molecule has 0 fully saturated rings. The molecule has 15 nitrogen and oxygen atoms in total. The number of sulfonamides is 1. The fourth-order valence-corrected chi connectivity index (χ4v) is 7.77. The third kappa shape index (κ3) is 7.59. The standard InChI is InChI=1S/C26H25N3O12S4/c1-14-8-15(2)21(27)12-19(14)26(30)28-17-5-3-4-16(9-17)13-42(31,32)29-22-6-7-23(44(36,37)38)20-10-18(43(33,34)35)11-24(25(20)22)45(39,40)41/h3-12,29H,13,27H2,1-2H3,(H,28,30)(H,33,34,35)(H,36,37,38)(H,39,40,41). The van der Waals surface area contributed by atoms with Crippen molar-refractivity contribution in [1.82, 2.24) is 0 Å². The zero-order valence-corrected chi connectivity index (χ0v) is 26.5. The average molecular weight is 700 g/mol. The van der Waals surface area contributed by atoms with E-state index in [9.17, 15) is 52.1 Å². The molecule has 0 spiro atoms. The third-order valence-corrected chi connectivity index (χ3v) is 10.4. The number of hydrogen-bond acceptors (Lipinski definition) is 10. The monoisotopic (exact) mass is 699 g/mol.